The second-order valence-corrected chi connectivity index (χ2v) is 4.49. The summed E-state index contributed by atoms with van der Waals surface area (Å²) in [5.74, 6) is -1.10. The molecule has 1 heterocycles. The molecular weight excluding hydrogens is 234 g/mol. The first kappa shape index (κ1) is 14.9. The average molecular weight is 261 g/mol. The number of amides is 2. The van der Waals surface area contributed by atoms with E-state index in [4.69, 9.17) is 4.74 Å². The number of carbonyl (C=O) groups excluding carboxylic acids is 2. The zero-order valence-electron chi connectivity index (χ0n) is 11.2. The molecule has 1 saturated heterocycles. The minimum absolute atomic E-state index is 0. The highest BCUT2D eigenvalue weighted by molar-refractivity contribution is 6.35. The average Bonchev–Trinajstić information content (AvgIpc) is 2.39. The van der Waals surface area contributed by atoms with Crippen LogP contribution in [0.2, 0.25) is 0 Å². The lowest BCUT2D eigenvalue weighted by molar-refractivity contribution is -0.139. The van der Waals surface area contributed by atoms with Crippen LogP contribution >= 0.6 is 0 Å². The van der Waals surface area contributed by atoms with Crippen molar-refractivity contribution >= 4 is 11.8 Å². The first-order valence-electron chi connectivity index (χ1n) is 6.52. The van der Waals surface area contributed by atoms with E-state index in [1.165, 1.54) is 0 Å². The molecule has 6 heteroatoms. The van der Waals surface area contributed by atoms with Gasteiger partial charge in [0.1, 0.15) is 0 Å². The van der Waals surface area contributed by atoms with Gasteiger partial charge in [0.25, 0.3) is 0 Å². The zero-order valence-corrected chi connectivity index (χ0v) is 11.2. The molecule has 0 aromatic heterocycles. The maximum atomic E-state index is 11.5. The first-order valence-corrected chi connectivity index (χ1v) is 6.52. The van der Waals surface area contributed by atoms with Crippen molar-refractivity contribution in [2.45, 2.75) is 26.3 Å². The van der Waals surface area contributed by atoms with Crippen LogP contribution in [-0.4, -0.2) is 62.1 Å². The molecule has 2 amide bonds. The van der Waals surface area contributed by atoms with E-state index in [1.54, 1.807) is 0 Å². The van der Waals surface area contributed by atoms with E-state index in [2.05, 4.69) is 15.5 Å². The van der Waals surface area contributed by atoms with Gasteiger partial charge in [0, 0.05) is 35.1 Å². The third kappa shape index (κ3) is 5.46. The Morgan fingerprint density at radius 2 is 2.00 bits per heavy atom. The highest BCUT2D eigenvalue weighted by Crippen LogP contribution is 1.94. The molecule has 0 aliphatic carbocycles. The second kappa shape index (κ2) is 8.05. The van der Waals surface area contributed by atoms with Gasteiger partial charge in [0.05, 0.1) is 13.2 Å². The van der Waals surface area contributed by atoms with Crippen LogP contribution in [0.15, 0.2) is 0 Å². The van der Waals surface area contributed by atoms with Gasteiger partial charge in [-0.1, -0.05) is 6.92 Å². The normalized spacial score (nSPS) is 18.1. The van der Waals surface area contributed by atoms with E-state index in [9.17, 15) is 9.59 Å². The molecule has 2 N–H and O–H groups in total. The Morgan fingerprint density at radius 1 is 1.33 bits per heavy atom. The molecule has 18 heavy (non-hydrogen) atoms. The van der Waals surface area contributed by atoms with Gasteiger partial charge in [0.2, 0.25) is 0 Å². The monoisotopic (exact) mass is 261 g/mol. The fraction of sp³-hybridized carbons (Fsp3) is 0.833. The summed E-state index contributed by atoms with van der Waals surface area (Å²) >= 11 is 0. The van der Waals surface area contributed by atoms with Crippen molar-refractivity contribution in [1.82, 2.24) is 15.5 Å². The van der Waals surface area contributed by atoms with Crippen LogP contribution in [0.5, 0.6) is 0 Å². The molecule has 1 fully saturated rings. The van der Waals surface area contributed by atoms with Crippen molar-refractivity contribution in [1.29, 1.82) is 0 Å². The molecule has 0 aromatic carbocycles. The van der Waals surface area contributed by atoms with Crippen molar-refractivity contribution in [2.75, 3.05) is 39.4 Å². The molecule has 1 aliphatic heterocycles. The summed E-state index contributed by atoms with van der Waals surface area (Å²) < 4.78 is 5.23. The lowest BCUT2D eigenvalue weighted by Gasteiger charge is -2.26. The third-order valence-electron chi connectivity index (χ3n) is 3.01. The van der Waals surface area contributed by atoms with Gasteiger partial charge in [-0.25, -0.2) is 0 Å². The Labute approximate surface area is 111 Å². The molecule has 0 saturated carbocycles. The van der Waals surface area contributed by atoms with Gasteiger partial charge in [-0.2, -0.15) is 0 Å². The van der Waals surface area contributed by atoms with Crippen molar-refractivity contribution in [3.63, 3.8) is 0 Å². The number of morpholine rings is 1. The Bertz CT molecular complexity index is 287. The minimum Gasteiger partial charge on any atom is -0.379 e. The molecule has 1 aliphatic rings. The lowest BCUT2D eigenvalue weighted by Crippen LogP contribution is -2.46. The summed E-state index contributed by atoms with van der Waals surface area (Å²) in [5, 5.41) is 5.26. The molecule has 0 radical (unpaired) electrons. The Hall–Kier alpha value is -1.14. The number of rotatable bonds is 5. The molecule has 1 atom stereocenters. The van der Waals surface area contributed by atoms with Crippen molar-refractivity contribution < 1.29 is 17.2 Å². The summed E-state index contributed by atoms with van der Waals surface area (Å²) in [6.45, 7) is 8.33. The van der Waals surface area contributed by atoms with Crippen LogP contribution in [0.3, 0.4) is 0 Å². The minimum atomic E-state index is -0.552. The number of hydrogen-bond acceptors (Lipinski definition) is 4. The van der Waals surface area contributed by atoms with Crippen LogP contribution in [0, 0.1) is 0 Å². The summed E-state index contributed by atoms with van der Waals surface area (Å²) in [5.41, 5.74) is 0. The van der Waals surface area contributed by atoms with Gasteiger partial charge in [-0.05, 0) is 13.3 Å². The fourth-order valence-corrected chi connectivity index (χ4v) is 1.62. The molecule has 1 rings (SSSR count). The summed E-state index contributed by atoms with van der Waals surface area (Å²) in [6.07, 6.45) is 0.812. The Balaban J connectivity index is 0. The molecule has 0 aromatic rings. The molecule has 108 valence electrons. The number of nitrogens with zero attached hydrogens (tertiary/aromatic N) is 1. The Morgan fingerprint density at radius 3 is 2.61 bits per heavy atom. The van der Waals surface area contributed by atoms with Gasteiger partial charge in [-0.3, -0.25) is 14.5 Å². The molecular formula is C12H27N3O3. The number of hydrogen-bond donors (Lipinski definition) is 2. The molecule has 1 unspecified atom stereocenters. The predicted molar refractivity (Wildman–Crippen MR) is 72.4 cm³/mol. The highest BCUT2D eigenvalue weighted by Gasteiger charge is 2.15. The van der Waals surface area contributed by atoms with E-state index in [0.29, 0.717) is 6.54 Å². The van der Waals surface area contributed by atoms with Gasteiger partial charge in [0.15, 0.2) is 0 Å². The zero-order chi connectivity index (χ0) is 13.4. The highest BCUT2D eigenvalue weighted by atomic mass is 16.5. The van der Waals surface area contributed by atoms with E-state index in [0.717, 1.165) is 39.3 Å². The van der Waals surface area contributed by atoms with Gasteiger partial charge < -0.3 is 15.4 Å². The standard InChI is InChI=1S/C12H23N3O3.2H2/c1-3-10(2)14-12(17)11(16)13-4-5-15-6-8-18-9-7-15;;/h10H,3-9H2,1-2H3,(H,13,16)(H,14,17);2*1H. The van der Waals surface area contributed by atoms with E-state index >= 15 is 0 Å². The summed E-state index contributed by atoms with van der Waals surface area (Å²) in [6, 6.07) is 0.0301. The second-order valence-electron chi connectivity index (χ2n) is 4.49. The van der Waals surface area contributed by atoms with Crippen molar-refractivity contribution in [3.05, 3.63) is 0 Å². The third-order valence-corrected chi connectivity index (χ3v) is 3.01. The maximum absolute atomic E-state index is 11.5. The van der Waals surface area contributed by atoms with Crippen LogP contribution in [0.1, 0.15) is 23.1 Å². The van der Waals surface area contributed by atoms with Crippen molar-refractivity contribution in [2.24, 2.45) is 0 Å². The largest absolute Gasteiger partial charge is 0.379 e. The van der Waals surface area contributed by atoms with Crippen LogP contribution in [0.4, 0.5) is 0 Å². The fourth-order valence-electron chi connectivity index (χ4n) is 1.62. The van der Waals surface area contributed by atoms with Crippen LogP contribution in [0.25, 0.3) is 0 Å². The van der Waals surface area contributed by atoms with E-state index in [1.807, 2.05) is 13.8 Å². The SMILES string of the molecule is CCC(C)NC(=O)C(=O)NCCN1CCOCC1.[HH].[HH]. The summed E-state index contributed by atoms with van der Waals surface area (Å²) in [7, 11) is 0. The van der Waals surface area contributed by atoms with E-state index < -0.39 is 11.8 Å². The topological polar surface area (TPSA) is 70.7 Å². The lowest BCUT2D eigenvalue weighted by atomic mass is 10.2. The predicted octanol–water partition coefficient (Wildman–Crippen LogP) is -0.158. The van der Waals surface area contributed by atoms with Crippen molar-refractivity contribution in [3.8, 4) is 0 Å². The number of ether oxygens (including phenoxy) is 1. The smallest absolute Gasteiger partial charge is 0.309 e. The van der Waals surface area contributed by atoms with E-state index in [-0.39, 0.29) is 8.90 Å². The molecule has 0 spiro atoms. The Kier molecular flexibility index (Phi) is 6.67. The maximum Gasteiger partial charge on any atom is 0.309 e. The molecule has 0 bridgehead atoms. The number of carbonyl (C=O) groups is 2. The first-order chi connectivity index (χ1) is 8.63. The van der Waals surface area contributed by atoms with Gasteiger partial charge >= 0.3 is 11.8 Å². The quantitative estimate of drug-likeness (QED) is 0.675. The van der Waals surface area contributed by atoms with Crippen LogP contribution in [-0.2, 0) is 14.3 Å². The van der Waals surface area contributed by atoms with Gasteiger partial charge in [-0.15, -0.1) is 0 Å². The number of nitrogens with one attached hydrogen (secondary N) is 2. The van der Waals surface area contributed by atoms with Crippen LogP contribution < -0.4 is 10.6 Å². The summed E-state index contributed by atoms with van der Waals surface area (Å²) in [4.78, 5) is 25.1. The molecule has 6 nitrogen and oxygen atoms in total.